The van der Waals surface area contributed by atoms with Crippen LogP contribution in [0, 0.1) is 6.92 Å². The number of alkyl halides is 1. The predicted molar refractivity (Wildman–Crippen MR) is 59.9 cm³/mol. The van der Waals surface area contributed by atoms with Crippen LogP contribution < -0.4 is 5.63 Å². The number of benzene rings is 1. The molecular formula is C11H9BrO2. The smallest absolute Gasteiger partial charge is 0.336 e. The molecule has 14 heavy (non-hydrogen) atoms. The lowest BCUT2D eigenvalue weighted by Crippen LogP contribution is -1.97. The van der Waals surface area contributed by atoms with Crippen LogP contribution in [0.1, 0.15) is 11.1 Å². The quantitative estimate of drug-likeness (QED) is 0.577. The summed E-state index contributed by atoms with van der Waals surface area (Å²) in [5.41, 5.74) is 2.43. The maximum atomic E-state index is 11.1. The highest BCUT2D eigenvalue weighted by Crippen LogP contribution is 2.18. The summed E-state index contributed by atoms with van der Waals surface area (Å²) in [6.07, 6.45) is 0. The van der Waals surface area contributed by atoms with Gasteiger partial charge in [-0.25, -0.2) is 4.79 Å². The number of fused-ring (bicyclic) bond motifs is 1. The molecular weight excluding hydrogens is 244 g/mol. The zero-order valence-electron chi connectivity index (χ0n) is 7.71. The van der Waals surface area contributed by atoms with E-state index in [-0.39, 0.29) is 5.63 Å². The molecule has 0 N–H and O–H groups in total. The van der Waals surface area contributed by atoms with Crippen LogP contribution in [-0.4, -0.2) is 0 Å². The fourth-order valence-corrected chi connectivity index (χ4v) is 1.80. The van der Waals surface area contributed by atoms with Crippen molar-refractivity contribution in [3.63, 3.8) is 0 Å². The summed E-state index contributed by atoms with van der Waals surface area (Å²) in [7, 11) is 0. The van der Waals surface area contributed by atoms with Crippen LogP contribution in [0.5, 0.6) is 0 Å². The summed E-state index contributed by atoms with van der Waals surface area (Å²) < 4.78 is 5.11. The summed E-state index contributed by atoms with van der Waals surface area (Å²) in [5.74, 6) is 0. The zero-order chi connectivity index (χ0) is 10.1. The molecule has 0 aliphatic carbocycles. The van der Waals surface area contributed by atoms with Crippen molar-refractivity contribution in [2.75, 3.05) is 0 Å². The molecule has 0 radical (unpaired) electrons. The van der Waals surface area contributed by atoms with Gasteiger partial charge in [-0.05, 0) is 24.1 Å². The fourth-order valence-electron chi connectivity index (χ4n) is 1.45. The fraction of sp³-hybridized carbons (Fsp3) is 0.182. The molecule has 1 aromatic carbocycles. The molecule has 1 heterocycles. The highest BCUT2D eigenvalue weighted by Gasteiger charge is 2.02. The summed E-state index contributed by atoms with van der Waals surface area (Å²) in [4.78, 5) is 11.1. The summed E-state index contributed by atoms with van der Waals surface area (Å²) >= 11 is 3.36. The van der Waals surface area contributed by atoms with Gasteiger partial charge in [-0.15, -0.1) is 0 Å². The SMILES string of the molecule is Cc1cc(=O)oc2cc(CBr)ccc12. The first-order chi connectivity index (χ1) is 6.70. The van der Waals surface area contributed by atoms with Crippen molar-refractivity contribution in [1.82, 2.24) is 0 Å². The summed E-state index contributed by atoms with van der Waals surface area (Å²) in [6, 6.07) is 7.39. The van der Waals surface area contributed by atoms with Crippen LogP contribution in [0.2, 0.25) is 0 Å². The molecule has 0 atom stereocenters. The van der Waals surface area contributed by atoms with Crippen molar-refractivity contribution in [3.05, 3.63) is 45.8 Å². The average Bonchev–Trinajstić information content (AvgIpc) is 2.16. The second-order valence-corrected chi connectivity index (χ2v) is 3.77. The standard InChI is InChI=1S/C11H9BrO2/c1-7-4-11(13)14-10-5-8(6-12)2-3-9(7)10/h2-5H,6H2,1H3. The first-order valence-corrected chi connectivity index (χ1v) is 5.42. The van der Waals surface area contributed by atoms with E-state index in [1.165, 1.54) is 6.07 Å². The van der Waals surface area contributed by atoms with Crippen LogP contribution in [-0.2, 0) is 5.33 Å². The van der Waals surface area contributed by atoms with Gasteiger partial charge in [-0.2, -0.15) is 0 Å². The Morgan fingerprint density at radius 2 is 2.14 bits per heavy atom. The minimum Gasteiger partial charge on any atom is -0.423 e. The highest BCUT2D eigenvalue weighted by molar-refractivity contribution is 9.08. The zero-order valence-corrected chi connectivity index (χ0v) is 9.30. The Bertz CT molecular complexity index is 528. The predicted octanol–water partition coefficient (Wildman–Crippen LogP) is 3.00. The van der Waals surface area contributed by atoms with Crippen LogP contribution in [0.25, 0.3) is 11.0 Å². The van der Waals surface area contributed by atoms with Crippen molar-refractivity contribution in [3.8, 4) is 0 Å². The topological polar surface area (TPSA) is 30.2 Å². The molecule has 0 spiro atoms. The van der Waals surface area contributed by atoms with E-state index in [0.29, 0.717) is 5.58 Å². The lowest BCUT2D eigenvalue weighted by atomic mass is 10.1. The van der Waals surface area contributed by atoms with E-state index < -0.39 is 0 Å². The Labute approximate surface area is 89.7 Å². The van der Waals surface area contributed by atoms with Crippen molar-refractivity contribution >= 4 is 26.9 Å². The van der Waals surface area contributed by atoms with Crippen LogP contribution in [0.3, 0.4) is 0 Å². The van der Waals surface area contributed by atoms with Crippen molar-refractivity contribution in [2.45, 2.75) is 12.3 Å². The van der Waals surface area contributed by atoms with Gasteiger partial charge in [0, 0.05) is 16.8 Å². The van der Waals surface area contributed by atoms with E-state index >= 15 is 0 Å². The second-order valence-electron chi connectivity index (χ2n) is 3.21. The van der Waals surface area contributed by atoms with Gasteiger partial charge in [-0.1, -0.05) is 28.1 Å². The Balaban J connectivity index is 2.82. The molecule has 0 saturated carbocycles. The number of rotatable bonds is 1. The normalized spacial score (nSPS) is 10.7. The molecule has 0 amide bonds. The Hall–Kier alpha value is -1.09. The van der Waals surface area contributed by atoms with Crippen LogP contribution in [0.4, 0.5) is 0 Å². The molecule has 0 unspecified atom stereocenters. The van der Waals surface area contributed by atoms with Gasteiger partial charge in [0.15, 0.2) is 0 Å². The van der Waals surface area contributed by atoms with Crippen molar-refractivity contribution in [2.24, 2.45) is 0 Å². The van der Waals surface area contributed by atoms with E-state index in [2.05, 4.69) is 15.9 Å². The molecule has 0 fully saturated rings. The highest BCUT2D eigenvalue weighted by atomic mass is 79.9. The van der Waals surface area contributed by atoms with E-state index in [4.69, 9.17) is 4.42 Å². The first kappa shape index (κ1) is 9.46. The molecule has 2 rings (SSSR count). The van der Waals surface area contributed by atoms with Crippen LogP contribution >= 0.6 is 15.9 Å². The summed E-state index contributed by atoms with van der Waals surface area (Å²) in [5, 5.41) is 1.76. The Morgan fingerprint density at radius 1 is 1.36 bits per heavy atom. The van der Waals surface area contributed by atoms with E-state index in [0.717, 1.165) is 21.8 Å². The minimum atomic E-state index is -0.290. The van der Waals surface area contributed by atoms with Crippen molar-refractivity contribution < 1.29 is 4.42 Å². The molecule has 2 aromatic rings. The van der Waals surface area contributed by atoms with Crippen molar-refractivity contribution in [1.29, 1.82) is 0 Å². The molecule has 3 heteroatoms. The van der Waals surface area contributed by atoms with Gasteiger partial charge in [0.05, 0.1) is 0 Å². The number of halogens is 1. The molecule has 0 aliphatic rings. The van der Waals surface area contributed by atoms with Gasteiger partial charge in [0.1, 0.15) is 5.58 Å². The van der Waals surface area contributed by atoms with Crippen LogP contribution in [0.15, 0.2) is 33.5 Å². The van der Waals surface area contributed by atoms with Gasteiger partial charge >= 0.3 is 5.63 Å². The van der Waals surface area contributed by atoms with Gasteiger partial charge in [0.2, 0.25) is 0 Å². The second kappa shape index (κ2) is 3.58. The average molecular weight is 253 g/mol. The lowest BCUT2D eigenvalue weighted by molar-refractivity contribution is 0.559. The number of aryl methyl sites for hydroxylation is 1. The van der Waals surface area contributed by atoms with Gasteiger partial charge in [-0.3, -0.25) is 0 Å². The molecule has 0 saturated heterocycles. The van der Waals surface area contributed by atoms with Gasteiger partial charge in [0.25, 0.3) is 0 Å². The van der Waals surface area contributed by atoms with E-state index in [1.807, 2.05) is 25.1 Å². The van der Waals surface area contributed by atoms with E-state index in [9.17, 15) is 4.79 Å². The molecule has 72 valence electrons. The summed E-state index contributed by atoms with van der Waals surface area (Å²) in [6.45, 7) is 1.91. The molecule has 1 aromatic heterocycles. The number of hydrogen-bond donors (Lipinski definition) is 0. The molecule has 2 nitrogen and oxygen atoms in total. The Kier molecular flexibility index (Phi) is 2.42. The lowest BCUT2D eigenvalue weighted by Gasteiger charge is -2.01. The third kappa shape index (κ3) is 1.60. The monoisotopic (exact) mass is 252 g/mol. The molecule has 0 aliphatic heterocycles. The maximum Gasteiger partial charge on any atom is 0.336 e. The third-order valence-corrected chi connectivity index (χ3v) is 2.82. The third-order valence-electron chi connectivity index (χ3n) is 2.17. The van der Waals surface area contributed by atoms with Gasteiger partial charge < -0.3 is 4.42 Å². The molecule has 0 bridgehead atoms. The minimum absolute atomic E-state index is 0.290. The maximum absolute atomic E-state index is 11.1. The first-order valence-electron chi connectivity index (χ1n) is 4.30. The largest absolute Gasteiger partial charge is 0.423 e. The Morgan fingerprint density at radius 3 is 2.86 bits per heavy atom. The van der Waals surface area contributed by atoms with E-state index in [1.54, 1.807) is 0 Å². The number of hydrogen-bond acceptors (Lipinski definition) is 2.